The van der Waals surface area contributed by atoms with Crippen LogP contribution >= 0.6 is 0 Å². The van der Waals surface area contributed by atoms with E-state index in [2.05, 4.69) is 26.3 Å². The Morgan fingerprint density at radius 2 is 1.80 bits per heavy atom. The Morgan fingerprint density at radius 3 is 2.48 bits per heavy atom. The second kappa shape index (κ2) is 6.84. The summed E-state index contributed by atoms with van der Waals surface area (Å²) in [6, 6.07) is 14.9. The van der Waals surface area contributed by atoms with Crippen molar-refractivity contribution in [1.82, 2.24) is 15.0 Å². The number of nitriles is 1. The van der Waals surface area contributed by atoms with Crippen molar-refractivity contribution < 1.29 is 4.74 Å². The number of benzene rings is 2. The number of anilines is 3. The number of nitrogens with two attached hydrogens (primary N) is 1. The summed E-state index contributed by atoms with van der Waals surface area (Å²) in [6.45, 7) is 3.96. The minimum absolute atomic E-state index is 0.0471. The summed E-state index contributed by atoms with van der Waals surface area (Å²) < 4.78 is 5.73. The maximum atomic E-state index is 8.83. The topological polar surface area (TPSA) is 110 Å². The standard InChI is InChI=1S/C18H16N6O/c1-11-3-8-15(12(2)9-11)25-18-23-16(20)22-17(24-18)21-14-6-4-13(10-19)5-7-14/h3-9H,1-2H3,(H3,20,21,22,23,24). The molecule has 124 valence electrons. The van der Waals surface area contributed by atoms with Crippen LogP contribution in [0.1, 0.15) is 16.7 Å². The van der Waals surface area contributed by atoms with E-state index in [1.807, 2.05) is 32.0 Å². The van der Waals surface area contributed by atoms with Crippen molar-refractivity contribution in [3.05, 3.63) is 59.2 Å². The molecule has 0 aliphatic rings. The maximum Gasteiger partial charge on any atom is 0.328 e. The first-order valence-electron chi connectivity index (χ1n) is 7.57. The van der Waals surface area contributed by atoms with Gasteiger partial charge in [0.2, 0.25) is 11.9 Å². The highest BCUT2D eigenvalue weighted by atomic mass is 16.5. The molecule has 3 aromatic rings. The van der Waals surface area contributed by atoms with Gasteiger partial charge < -0.3 is 15.8 Å². The molecule has 3 rings (SSSR count). The second-order valence-corrected chi connectivity index (χ2v) is 5.48. The molecule has 0 fully saturated rings. The van der Waals surface area contributed by atoms with E-state index < -0.39 is 0 Å². The van der Waals surface area contributed by atoms with Crippen LogP contribution in [0.5, 0.6) is 11.8 Å². The van der Waals surface area contributed by atoms with Gasteiger partial charge in [0.05, 0.1) is 11.6 Å². The number of ether oxygens (including phenoxy) is 1. The number of aromatic nitrogens is 3. The van der Waals surface area contributed by atoms with Crippen molar-refractivity contribution >= 4 is 17.6 Å². The van der Waals surface area contributed by atoms with E-state index in [4.69, 9.17) is 15.7 Å². The predicted molar refractivity (Wildman–Crippen MR) is 94.7 cm³/mol. The second-order valence-electron chi connectivity index (χ2n) is 5.48. The van der Waals surface area contributed by atoms with Crippen LogP contribution in [-0.2, 0) is 0 Å². The molecule has 0 spiro atoms. The van der Waals surface area contributed by atoms with Gasteiger partial charge in [0, 0.05) is 5.69 Å². The lowest BCUT2D eigenvalue weighted by molar-refractivity contribution is 0.438. The molecule has 0 unspecified atom stereocenters. The van der Waals surface area contributed by atoms with Gasteiger partial charge in [-0.25, -0.2) is 0 Å². The number of nitrogens with zero attached hydrogens (tertiary/aromatic N) is 4. The normalized spacial score (nSPS) is 10.1. The number of nitrogen functional groups attached to an aromatic ring is 1. The molecule has 3 N–H and O–H groups in total. The van der Waals surface area contributed by atoms with Gasteiger partial charge >= 0.3 is 6.01 Å². The Balaban J connectivity index is 1.83. The first-order chi connectivity index (χ1) is 12.0. The first-order valence-corrected chi connectivity index (χ1v) is 7.57. The van der Waals surface area contributed by atoms with Gasteiger partial charge in [0.25, 0.3) is 0 Å². The molecule has 0 aliphatic heterocycles. The van der Waals surface area contributed by atoms with Crippen molar-refractivity contribution in [2.45, 2.75) is 13.8 Å². The molecule has 7 nitrogen and oxygen atoms in total. The summed E-state index contributed by atoms with van der Waals surface area (Å²) in [4.78, 5) is 12.3. The number of hydrogen-bond acceptors (Lipinski definition) is 7. The van der Waals surface area contributed by atoms with Gasteiger partial charge in [0.15, 0.2) is 0 Å². The Morgan fingerprint density at radius 1 is 1.04 bits per heavy atom. The van der Waals surface area contributed by atoms with Gasteiger partial charge in [-0.1, -0.05) is 17.7 Å². The average molecular weight is 332 g/mol. The minimum Gasteiger partial charge on any atom is -0.424 e. The number of nitrogens with one attached hydrogen (secondary N) is 1. The zero-order valence-electron chi connectivity index (χ0n) is 13.8. The van der Waals surface area contributed by atoms with Crippen LogP contribution in [0.2, 0.25) is 0 Å². The Bertz CT molecular complexity index is 947. The highest BCUT2D eigenvalue weighted by molar-refractivity contribution is 5.55. The first kappa shape index (κ1) is 16.2. The molecule has 0 amide bonds. The third-order valence-corrected chi connectivity index (χ3v) is 3.43. The van der Waals surface area contributed by atoms with Crippen LogP contribution in [-0.4, -0.2) is 15.0 Å². The third-order valence-electron chi connectivity index (χ3n) is 3.43. The fourth-order valence-electron chi connectivity index (χ4n) is 2.24. The fourth-order valence-corrected chi connectivity index (χ4v) is 2.24. The van der Waals surface area contributed by atoms with Crippen LogP contribution in [0.25, 0.3) is 0 Å². The molecule has 0 bridgehead atoms. The molecule has 0 saturated heterocycles. The van der Waals surface area contributed by atoms with Crippen molar-refractivity contribution in [3.63, 3.8) is 0 Å². The molecule has 1 heterocycles. The van der Waals surface area contributed by atoms with Crippen molar-refractivity contribution in [2.24, 2.45) is 0 Å². The van der Waals surface area contributed by atoms with E-state index in [1.54, 1.807) is 24.3 Å². The lowest BCUT2D eigenvalue weighted by atomic mass is 10.1. The summed E-state index contributed by atoms with van der Waals surface area (Å²) >= 11 is 0. The highest BCUT2D eigenvalue weighted by Crippen LogP contribution is 2.24. The van der Waals surface area contributed by atoms with E-state index in [9.17, 15) is 0 Å². The zero-order valence-corrected chi connectivity index (χ0v) is 13.8. The van der Waals surface area contributed by atoms with E-state index in [0.717, 1.165) is 16.8 Å². The minimum atomic E-state index is 0.0471. The van der Waals surface area contributed by atoms with E-state index in [0.29, 0.717) is 11.3 Å². The number of rotatable bonds is 4. The van der Waals surface area contributed by atoms with Gasteiger partial charge in [-0.05, 0) is 49.7 Å². The summed E-state index contributed by atoms with van der Waals surface area (Å²) in [5.41, 5.74) is 9.16. The summed E-state index contributed by atoms with van der Waals surface area (Å²) in [5, 5.41) is 11.8. The van der Waals surface area contributed by atoms with Crippen LogP contribution in [0.4, 0.5) is 17.6 Å². The zero-order chi connectivity index (χ0) is 17.8. The highest BCUT2D eigenvalue weighted by Gasteiger charge is 2.09. The summed E-state index contributed by atoms with van der Waals surface area (Å²) in [5.74, 6) is 0.961. The molecule has 2 aromatic carbocycles. The lowest BCUT2D eigenvalue weighted by Gasteiger charge is -2.10. The van der Waals surface area contributed by atoms with E-state index >= 15 is 0 Å². The molecule has 0 aliphatic carbocycles. The number of aryl methyl sites for hydroxylation is 2. The summed E-state index contributed by atoms with van der Waals surface area (Å²) in [6.07, 6.45) is 0. The van der Waals surface area contributed by atoms with Crippen molar-refractivity contribution in [1.29, 1.82) is 5.26 Å². The van der Waals surface area contributed by atoms with Gasteiger partial charge in [-0.3, -0.25) is 0 Å². The van der Waals surface area contributed by atoms with Gasteiger partial charge in [-0.2, -0.15) is 20.2 Å². The largest absolute Gasteiger partial charge is 0.424 e. The fraction of sp³-hybridized carbons (Fsp3) is 0.111. The maximum absolute atomic E-state index is 8.83. The summed E-state index contributed by atoms with van der Waals surface area (Å²) in [7, 11) is 0. The Kier molecular flexibility index (Phi) is 4.44. The molecular formula is C18H16N6O. The lowest BCUT2D eigenvalue weighted by Crippen LogP contribution is -2.05. The molecule has 0 radical (unpaired) electrons. The SMILES string of the molecule is Cc1ccc(Oc2nc(N)nc(Nc3ccc(C#N)cc3)n2)c(C)c1. The average Bonchev–Trinajstić information content (AvgIpc) is 2.58. The number of hydrogen-bond donors (Lipinski definition) is 2. The smallest absolute Gasteiger partial charge is 0.328 e. The molecule has 1 aromatic heterocycles. The molecule has 7 heteroatoms. The van der Waals surface area contributed by atoms with Crippen LogP contribution in [0, 0.1) is 25.2 Å². The van der Waals surface area contributed by atoms with E-state index in [-0.39, 0.29) is 17.9 Å². The molecule has 25 heavy (non-hydrogen) atoms. The van der Waals surface area contributed by atoms with Crippen LogP contribution in [0.3, 0.4) is 0 Å². The van der Waals surface area contributed by atoms with Crippen molar-refractivity contribution in [3.8, 4) is 17.8 Å². The molecule has 0 atom stereocenters. The Labute approximate surface area is 145 Å². The quantitative estimate of drug-likeness (QED) is 0.752. The molecular weight excluding hydrogens is 316 g/mol. The monoisotopic (exact) mass is 332 g/mol. The third kappa shape index (κ3) is 4.00. The Hall–Kier alpha value is -3.66. The van der Waals surface area contributed by atoms with Crippen molar-refractivity contribution in [2.75, 3.05) is 11.1 Å². The molecule has 0 saturated carbocycles. The van der Waals surface area contributed by atoms with Crippen LogP contribution in [0.15, 0.2) is 42.5 Å². The van der Waals surface area contributed by atoms with Gasteiger partial charge in [-0.15, -0.1) is 0 Å². The van der Waals surface area contributed by atoms with E-state index in [1.165, 1.54) is 0 Å². The predicted octanol–water partition coefficient (Wildman–Crippen LogP) is 3.48. The van der Waals surface area contributed by atoms with Crippen LogP contribution < -0.4 is 15.8 Å². The van der Waals surface area contributed by atoms with Gasteiger partial charge in [0.1, 0.15) is 5.75 Å².